The van der Waals surface area contributed by atoms with E-state index in [1.54, 1.807) is 12.1 Å². The van der Waals surface area contributed by atoms with Crippen LogP contribution in [-0.4, -0.2) is 5.91 Å². The third-order valence-corrected chi connectivity index (χ3v) is 3.25. The van der Waals surface area contributed by atoms with Crippen molar-refractivity contribution >= 4 is 23.2 Å². The van der Waals surface area contributed by atoms with Crippen molar-refractivity contribution in [2.24, 2.45) is 0 Å². The SMILES string of the molecule is CC(Cl)c1ccccc1NC(=O)Cc1ccc(F)c(F)c1. The van der Waals surface area contributed by atoms with Crippen LogP contribution in [0, 0.1) is 11.6 Å². The topological polar surface area (TPSA) is 29.1 Å². The number of para-hydroxylation sites is 1. The van der Waals surface area contributed by atoms with Crippen molar-refractivity contribution in [1.29, 1.82) is 0 Å². The summed E-state index contributed by atoms with van der Waals surface area (Å²) >= 11 is 6.05. The number of nitrogens with one attached hydrogen (secondary N) is 1. The van der Waals surface area contributed by atoms with Crippen LogP contribution in [0.25, 0.3) is 0 Å². The number of benzene rings is 2. The molecule has 2 aromatic carbocycles. The summed E-state index contributed by atoms with van der Waals surface area (Å²) in [5.41, 5.74) is 1.83. The second kappa shape index (κ2) is 6.68. The van der Waals surface area contributed by atoms with Gasteiger partial charge in [0.05, 0.1) is 11.8 Å². The molecule has 2 nitrogen and oxygen atoms in total. The van der Waals surface area contributed by atoms with Crippen LogP contribution in [0.2, 0.25) is 0 Å². The van der Waals surface area contributed by atoms with Crippen molar-refractivity contribution < 1.29 is 13.6 Å². The van der Waals surface area contributed by atoms with Crippen molar-refractivity contribution in [2.45, 2.75) is 18.7 Å². The quantitative estimate of drug-likeness (QED) is 0.831. The van der Waals surface area contributed by atoms with Crippen LogP contribution < -0.4 is 5.32 Å². The van der Waals surface area contributed by atoms with Crippen LogP contribution in [0.5, 0.6) is 0 Å². The van der Waals surface area contributed by atoms with Crippen molar-refractivity contribution in [3.63, 3.8) is 0 Å². The summed E-state index contributed by atoms with van der Waals surface area (Å²) in [6.45, 7) is 1.81. The van der Waals surface area contributed by atoms with Gasteiger partial charge >= 0.3 is 0 Å². The molecule has 0 saturated heterocycles. The third kappa shape index (κ3) is 4.02. The van der Waals surface area contributed by atoms with Gasteiger partial charge in [0.1, 0.15) is 0 Å². The predicted octanol–water partition coefficient (Wildman–Crippen LogP) is 4.45. The van der Waals surface area contributed by atoms with Gasteiger partial charge in [0.2, 0.25) is 5.91 Å². The van der Waals surface area contributed by atoms with Gasteiger partial charge in [-0.05, 0) is 36.2 Å². The van der Waals surface area contributed by atoms with Crippen LogP contribution in [-0.2, 0) is 11.2 Å². The van der Waals surface area contributed by atoms with Gasteiger partial charge in [-0.1, -0.05) is 24.3 Å². The van der Waals surface area contributed by atoms with E-state index in [0.29, 0.717) is 11.3 Å². The maximum absolute atomic E-state index is 13.1. The van der Waals surface area contributed by atoms with Crippen molar-refractivity contribution in [3.8, 4) is 0 Å². The number of hydrogen-bond donors (Lipinski definition) is 1. The van der Waals surface area contributed by atoms with Gasteiger partial charge < -0.3 is 5.32 Å². The zero-order valence-electron chi connectivity index (χ0n) is 11.4. The van der Waals surface area contributed by atoms with Gasteiger partial charge in [0.25, 0.3) is 0 Å². The highest BCUT2D eigenvalue weighted by atomic mass is 35.5. The summed E-state index contributed by atoms with van der Waals surface area (Å²) in [5.74, 6) is -2.21. The number of alkyl halides is 1. The van der Waals surface area contributed by atoms with E-state index in [1.807, 2.05) is 19.1 Å². The van der Waals surface area contributed by atoms with E-state index in [2.05, 4.69) is 5.32 Å². The van der Waals surface area contributed by atoms with E-state index in [-0.39, 0.29) is 17.7 Å². The standard InChI is InChI=1S/C16H14ClF2NO/c1-10(17)12-4-2-3-5-15(12)20-16(21)9-11-6-7-13(18)14(19)8-11/h2-8,10H,9H2,1H3,(H,20,21). The first-order chi connectivity index (χ1) is 9.97. The number of carbonyl (C=O) groups excluding carboxylic acids is 1. The molecule has 0 saturated carbocycles. The van der Waals surface area contributed by atoms with Gasteiger partial charge in [-0.3, -0.25) is 4.79 Å². The molecule has 0 aromatic heterocycles. The first kappa shape index (κ1) is 15.4. The highest BCUT2D eigenvalue weighted by Crippen LogP contribution is 2.27. The summed E-state index contributed by atoms with van der Waals surface area (Å²) in [7, 11) is 0. The van der Waals surface area contributed by atoms with E-state index >= 15 is 0 Å². The van der Waals surface area contributed by atoms with E-state index in [1.165, 1.54) is 6.07 Å². The Hall–Kier alpha value is -1.94. The monoisotopic (exact) mass is 309 g/mol. The largest absolute Gasteiger partial charge is 0.325 e. The third-order valence-electron chi connectivity index (χ3n) is 3.01. The number of hydrogen-bond acceptors (Lipinski definition) is 1. The highest BCUT2D eigenvalue weighted by Gasteiger charge is 2.11. The number of rotatable bonds is 4. The smallest absolute Gasteiger partial charge is 0.228 e. The molecule has 1 atom stereocenters. The fraction of sp³-hybridized carbons (Fsp3) is 0.188. The Labute approximate surface area is 126 Å². The van der Waals surface area contributed by atoms with Crippen LogP contribution >= 0.6 is 11.6 Å². The summed E-state index contributed by atoms with van der Waals surface area (Å²) in [6, 6.07) is 10.6. The van der Waals surface area contributed by atoms with Crippen LogP contribution in [0.4, 0.5) is 14.5 Å². The molecule has 5 heteroatoms. The first-order valence-corrected chi connectivity index (χ1v) is 6.88. The number of anilines is 1. The van der Waals surface area contributed by atoms with Crippen LogP contribution in [0.1, 0.15) is 23.4 Å². The lowest BCUT2D eigenvalue weighted by atomic mass is 10.1. The van der Waals surface area contributed by atoms with Crippen molar-refractivity contribution in [2.75, 3.05) is 5.32 Å². The fourth-order valence-corrected chi connectivity index (χ4v) is 2.18. The molecule has 21 heavy (non-hydrogen) atoms. The molecule has 1 unspecified atom stereocenters. The molecule has 0 aliphatic heterocycles. The van der Waals surface area contributed by atoms with Crippen molar-refractivity contribution in [3.05, 3.63) is 65.2 Å². The molecular formula is C16H14ClF2NO. The molecule has 110 valence electrons. The molecule has 2 rings (SSSR count). The lowest BCUT2D eigenvalue weighted by molar-refractivity contribution is -0.115. The molecule has 0 spiro atoms. The van der Waals surface area contributed by atoms with E-state index < -0.39 is 11.6 Å². The minimum absolute atomic E-state index is 0.0395. The Morgan fingerprint density at radius 1 is 1.19 bits per heavy atom. The zero-order chi connectivity index (χ0) is 15.4. The Kier molecular flexibility index (Phi) is 4.91. The van der Waals surface area contributed by atoms with Crippen LogP contribution in [0.3, 0.4) is 0 Å². The summed E-state index contributed by atoms with van der Waals surface area (Å²) < 4.78 is 25.9. The normalized spacial score (nSPS) is 12.0. The lowest BCUT2D eigenvalue weighted by Crippen LogP contribution is -2.16. The average Bonchev–Trinajstić information content (AvgIpc) is 2.43. The molecule has 2 aromatic rings. The summed E-state index contributed by atoms with van der Waals surface area (Å²) in [5, 5.41) is 2.49. The Bertz CT molecular complexity index is 658. The van der Waals surface area contributed by atoms with Gasteiger partial charge in [0.15, 0.2) is 11.6 Å². The molecule has 1 amide bonds. The molecule has 0 bridgehead atoms. The predicted molar refractivity (Wildman–Crippen MR) is 79.4 cm³/mol. The molecule has 1 N–H and O–H groups in total. The Morgan fingerprint density at radius 3 is 2.57 bits per heavy atom. The Morgan fingerprint density at radius 2 is 1.90 bits per heavy atom. The number of halogens is 3. The molecular weight excluding hydrogens is 296 g/mol. The van der Waals surface area contributed by atoms with Crippen molar-refractivity contribution in [1.82, 2.24) is 0 Å². The zero-order valence-corrected chi connectivity index (χ0v) is 12.1. The van der Waals surface area contributed by atoms with Gasteiger partial charge in [0, 0.05) is 5.69 Å². The lowest BCUT2D eigenvalue weighted by Gasteiger charge is -2.12. The van der Waals surface area contributed by atoms with Crippen LogP contribution in [0.15, 0.2) is 42.5 Å². The Balaban J connectivity index is 2.10. The van der Waals surface area contributed by atoms with E-state index in [0.717, 1.165) is 17.7 Å². The fourth-order valence-electron chi connectivity index (χ4n) is 1.99. The second-order valence-corrected chi connectivity index (χ2v) is 5.33. The minimum atomic E-state index is -0.963. The van der Waals surface area contributed by atoms with E-state index in [9.17, 15) is 13.6 Å². The second-order valence-electron chi connectivity index (χ2n) is 4.68. The summed E-state index contributed by atoms with van der Waals surface area (Å²) in [4.78, 5) is 12.0. The maximum atomic E-state index is 13.1. The molecule has 0 aliphatic rings. The van der Waals surface area contributed by atoms with Gasteiger partial charge in [-0.2, -0.15) is 0 Å². The molecule has 0 heterocycles. The maximum Gasteiger partial charge on any atom is 0.228 e. The van der Waals surface area contributed by atoms with E-state index in [4.69, 9.17) is 11.6 Å². The van der Waals surface area contributed by atoms with Gasteiger partial charge in [-0.15, -0.1) is 11.6 Å². The van der Waals surface area contributed by atoms with Gasteiger partial charge in [-0.25, -0.2) is 8.78 Å². The molecule has 0 fully saturated rings. The first-order valence-electron chi connectivity index (χ1n) is 6.44. The number of carbonyl (C=O) groups is 1. The highest BCUT2D eigenvalue weighted by molar-refractivity contribution is 6.21. The average molecular weight is 310 g/mol. The minimum Gasteiger partial charge on any atom is -0.325 e. The number of amides is 1. The molecule has 0 radical (unpaired) electrons. The summed E-state index contributed by atoms with van der Waals surface area (Å²) in [6.07, 6.45) is -0.0395. The molecule has 0 aliphatic carbocycles.